The van der Waals surface area contributed by atoms with Crippen molar-refractivity contribution in [2.45, 2.75) is 53.3 Å². The molecule has 1 N–H and O–H groups in total. The number of rotatable bonds is 8. The number of hydrogen-bond donors (Lipinski definition) is 1. The van der Waals surface area contributed by atoms with E-state index >= 15 is 0 Å². The number of nitrogens with one attached hydrogen (secondary N) is 1. The minimum absolute atomic E-state index is 0.277. The van der Waals surface area contributed by atoms with E-state index < -0.39 is 0 Å². The predicted octanol–water partition coefficient (Wildman–Crippen LogP) is 2.75. The highest BCUT2D eigenvalue weighted by Crippen LogP contribution is 2.14. The highest BCUT2D eigenvalue weighted by atomic mass is 16.5. The van der Waals surface area contributed by atoms with E-state index in [1.807, 2.05) is 6.92 Å². The van der Waals surface area contributed by atoms with Gasteiger partial charge in [-0.15, -0.1) is 0 Å². The lowest BCUT2D eigenvalue weighted by molar-refractivity contribution is 0.0845. The molecule has 1 aromatic rings. The monoisotopic (exact) mass is 279 g/mol. The average molecular weight is 279 g/mol. The predicted molar refractivity (Wildman–Crippen MR) is 85.3 cm³/mol. The van der Waals surface area contributed by atoms with Crippen molar-refractivity contribution in [3.63, 3.8) is 0 Å². The molecule has 114 valence electrons. The van der Waals surface area contributed by atoms with Crippen LogP contribution in [0.5, 0.6) is 0 Å². The SMILES string of the molecule is Cc1cc(CNC(C)C)cc(N(C)CCOC(C)C)n1. The lowest BCUT2D eigenvalue weighted by atomic mass is 10.2. The second kappa shape index (κ2) is 8.22. The fourth-order valence-corrected chi connectivity index (χ4v) is 1.88. The third kappa shape index (κ3) is 6.35. The van der Waals surface area contributed by atoms with Gasteiger partial charge in [-0.2, -0.15) is 0 Å². The first-order valence-electron chi connectivity index (χ1n) is 7.42. The Hall–Kier alpha value is -1.13. The van der Waals surface area contributed by atoms with E-state index in [-0.39, 0.29) is 6.10 Å². The van der Waals surface area contributed by atoms with Crippen molar-refractivity contribution >= 4 is 5.82 Å². The molecule has 0 atom stereocenters. The van der Waals surface area contributed by atoms with Crippen LogP contribution in [-0.4, -0.2) is 37.3 Å². The molecule has 4 heteroatoms. The van der Waals surface area contributed by atoms with E-state index in [0.29, 0.717) is 6.04 Å². The van der Waals surface area contributed by atoms with Gasteiger partial charge in [0.2, 0.25) is 0 Å². The van der Waals surface area contributed by atoms with Gasteiger partial charge in [0.1, 0.15) is 5.82 Å². The number of ether oxygens (including phenoxy) is 1. The summed E-state index contributed by atoms with van der Waals surface area (Å²) in [6.45, 7) is 12.9. The summed E-state index contributed by atoms with van der Waals surface area (Å²) in [4.78, 5) is 6.75. The maximum Gasteiger partial charge on any atom is 0.128 e. The molecule has 0 saturated heterocycles. The third-order valence-electron chi connectivity index (χ3n) is 2.98. The summed E-state index contributed by atoms with van der Waals surface area (Å²) in [7, 11) is 2.06. The van der Waals surface area contributed by atoms with Crippen LogP contribution in [0.15, 0.2) is 12.1 Å². The standard InChI is InChI=1S/C16H29N3O/c1-12(2)17-11-15-9-14(5)18-16(10-15)19(6)7-8-20-13(3)4/h9-10,12-13,17H,7-8,11H2,1-6H3. The summed E-state index contributed by atoms with van der Waals surface area (Å²) in [5.41, 5.74) is 2.33. The van der Waals surface area contributed by atoms with Crippen molar-refractivity contribution < 1.29 is 4.74 Å². The maximum atomic E-state index is 5.59. The molecule has 0 aromatic carbocycles. The average Bonchev–Trinajstić information content (AvgIpc) is 2.35. The Bertz CT molecular complexity index is 405. The molecule has 0 aliphatic rings. The van der Waals surface area contributed by atoms with Gasteiger partial charge in [-0.3, -0.25) is 0 Å². The second-order valence-corrected chi connectivity index (χ2v) is 5.85. The highest BCUT2D eigenvalue weighted by molar-refractivity contribution is 5.41. The van der Waals surface area contributed by atoms with Gasteiger partial charge in [0.15, 0.2) is 0 Å². The van der Waals surface area contributed by atoms with Gasteiger partial charge in [0.05, 0.1) is 12.7 Å². The number of likely N-dealkylation sites (N-methyl/N-ethyl adjacent to an activating group) is 1. The molecular weight excluding hydrogens is 250 g/mol. The largest absolute Gasteiger partial charge is 0.377 e. The molecule has 1 aromatic heterocycles. The molecule has 0 aliphatic heterocycles. The lowest BCUT2D eigenvalue weighted by Crippen LogP contribution is -2.26. The van der Waals surface area contributed by atoms with Crippen LogP contribution in [0.1, 0.15) is 39.0 Å². The summed E-state index contributed by atoms with van der Waals surface area (Å²) in [6, 6.07) is 4.78. The Kier molecular flexibility index (Phi) is 6.96. The van der Waals surface area contributed by atoms with E-state index in [1.165, 1.54) is 5.56 Å². The van der Waals surface area contributed by atoms with Gasteiger partial charge in [-0.25, -0.2) is 4.98 Å². The zero-order chi connectivity index (χ0) is 15.1. The van der Waals surface area contributed by atoms with Crippen molar-refractivity contribution in [3.8, 4) is 0 Å². The topological polar surface area (TPSA) is 37.4 Å². The lowest BCUT2D eigenvalue weighted by Gasteiger charge is -2.20. The molecule has 0 aliphatic carbocycles. The zero-order valence-corrected chi connectivity index (χ0v) is 13.7. The molecule has 0 saturated carbocycles. The van der Waals surface area contributed by atoms with Crippen molar-refractivity contribution in [3.05, 3.63) is 23.4 Å². The zero-order valence-electron chi connectivity index (χ0n) is 13.7. The van der Waals surface area contributed by atoms with Gasteiger partial charge < -0.3 is 15.0 Å². The summed E-state index contributed by atoms with van der Waals surface area (Å²) in [5.74, 6) is 1.01. The van der Waals surface area contributed by atoms with E-state index in [1.54, 1.807) is 0 Å². The molecule has 0 spiro atoms. The number of aromatic nitrogens is 1. The molecule has 1 heterocycles. The first kappa shape index (κ1) is 16.9. The second-order valence-electron chi connectivity index (χ2n) is 5.85. The third-order valence-corrected chi connectivity index (χ3v) is 2.98. The van der Waals surface area contributed by atoms with Gasteiger partial charge in [0, 0.05) is 31.9 Å². The van der Waals surface area contributed by atoms with Crippen LogP contribution in [0.4, 0.5) is 5.82 Å². The molecule has 0 amide bonds. The molecule has 4 nitrogen and oxygen atoms in total. The van der Waals surface area contributed by atoms with Crippen molar-refractivity contribution in [2.75, 3.05) is 25.1 Å². The van der Waals surface area contributed by atoms with Crippen LogP contribution in [0, 0.1) is 6.92 Å². The Morgan fingerprint density at radius 1 is 1.25 bits per heavy atom. The van der Waals surface area contributed by atoms with E-state index in [0.717, 1.165) is 31.2 Å². The molecule has 0 unspecified atom stereocenters. The van der Waals surface area contributed by atoms with Crippen LogP contribution in [-0.2, 0) is 11.3 Å². The summed E-state index contributed by atoms with van der Waals surface area (Å²) < 4.78 is 5.59. The van der Waals surface area contributed by atoms with Crippen LogP contribution in [0.2, 0.25) is 0 Å². The van der Waals surface area contributed by atoms with Gasteiger partial charge in [0.25, 0.3) is 0 Å². The Labute approximate surface area is 123 Å². The summed E-state index contributed by atoms with van der Waals surface area (Å²) in [6.07, 6.45) is 0.277. The van der Waals surface area contributed by atoms with Crippen LogP contribution >= 0.6 is 0 Å². The fourth-order valence-electron chi connectivity index (χ4n) is 1.88. The van der Waals surface area contributed by atoms with Crippen molar-refractivity contribution in [2.24, 2.45) is 0 Å². The van der Waals surface area contributed by atoms with Crippen LogP contribution < -0.4 is 10.2 Å². The Morgan fingerprint density at radius 2 is 1.95 bits per heavy atom. The van der Waals surface area contributed by atoms with E-state index in [9.17, 15) is 0 Å². The summed E-state index contributed by atoms with van der Waals surface area (Å²) in [5, 5.41) is 3.44. The minimum atomic E-state index is 0.277. The number of nitrogens with zero attached hydrogens (tertiary/aromatic N) is 2. The molecule has 20 heavy (non-hydrogen) atoms. The van der Waals surface area contributed by atoms with Crippen molar-refractivity contribution in [1.82, 2.24) is 10.3 Å². The Balaban J connectivity index is 2.64. The van der Waals surface area contributed by atoms with Crippen molar-refractivity contribution in [1.29, 1.82) is 0 Å². The van der Waals surface area contributed by atoms with Gasteiger partial charge >= 0.3 is 0 Å². The number of pyridine rings is 1. The molecular formula is C16H29N3O. The molecule has 0 radical (unpaired) electrons. The van der Waals surface area contributed by atoms with E-state index in [2.05, 4.69) is 62.1 Å². The minimum Gasteiger partial charge on any atom is -0.377 e. The highest BCUT2D eigenvalue weighted by Gasteiger charge is 2.06. The normalized spacial score (nSPS) is 11.4. The first-order chi connectivity index (χ1) is 9.38. The number of anilines is 1. The first-order valence-corrected chi connectivity index (χ1v) is 7.42. The van der Waals surface area contributed by atoms with Gasteiger partial charge in [-0.1, -0.05) is 13.8 Å². The van der Waals surface area contributed by atoms with Gasteiger partial charge in [-0.05, 0) is 38.5 Å². The molecule has 0 bridgehead atoms. The molecule has 0 fully saturated rings. The van der Waals surface area contributed by atoms with Crippen LogP contribution in [0.25, 0.3) is 0 Å². The fraction of sp³-hybridized carbons (Fsp3) is 0.688. The van der Waals surface area contributed by atoms with E-state index in [4.69, 9.17) is 4.74 Å². The quantitative estimate of drug-likeness (QED) is 0.794. The summed E-state index contributed by atoms with van der Waals surface area (Å²) >= 11 is 0. The van der Waals surface area contributed by atoms with Crippen LogP contribution in [0.3, 0.4) is 0 Å². The maximum absolute atomic E-state index is 5.59. The Morgan fingerprint density at radius 3 is 2.55 bits per heavy atom. The smallest absolute Gasteiger partial charge is 0.128 e. The molecule has 1 rings (SSSR count). The number of aryl methyl sites for hydroxylation is 1. The number of hydrogen-bond acceptors (Lipinski definition) is 4.